The first-order valence-electron chi connectivity index (χ1n) is 10.3. The lowest BCUT2D eigenvalue weighted by atomic mass is 10.2. The molecule has 4 rings (SSSR count). The van der Waals surface area contributed by atoms with Crippen molar-refractivity contribution in [1.29, 1.82) is 0 Å². The molecule has 3 N–H and O–H groups in total. The number of esters is 1. The molecular weight excluding hydrogens is 436 g/mol. The molecule has 0 saturated carbocycles. The smallest absolute Gasteiger partial charge is 0.338 e. The van der Waals surface area contributed by atoms with Crippen LogP contribution in [0.5, 0.6) is 0 Å². The Morgan fingerprint density at radius 1 is 0.941 bits per heavy atom. The zero-order valence-corrected chi connectivity index (χ0v) is 18.1. The van der Waals surface area contributed by atoms with Gasteiger partial charge in [0.05, 0.1) is 22.2 Å². The van der Waals surface area contributed by atoms with E-state index in [1.165, 1.54) is 41.0 Å². The second-order valence-corrected chi connectivity index (χ2v) is 7.43. The topological polar surface area (TPSA) is 133 Å². The van der Waals surface area contributed by atoms with E-state index in [0.717, 1.165) is 0 Å². The van der Waals surface area contributed by atoms with Gasteiger partial charge in [0, 0.05) is 11.3 Å². The number of hydrogen-bond acceptors (Lipinski definition) is 6. The van der Waals surface area contributed by atoms with Crippen LogP contribution < -0.4 is 16.6 Å². The summed E-state index contributed by atoms with van der Waals surface area (Å²) in [4.78, 5) is 52.9. The molecule has 1 aromatic heterocycles. The number of ether oxygens (including phenoxy) is 1. The van der Waals surface area contributed by atoms with E-state index in [2.05, 4.69) is 10.3 Å². The summed E-state index contributed by atoms with van der Waals surface area (Å²) in [6.07, 6.45) is 0. The van der Waals surface area contributed by atoms with E-state index < -0.39 is 24.4 Å². The van der Waals surface area contributed by atoms with Gasteiger partial charge in [-0.25, -0.2) is 9.78 Å². The number of rotatable bonds is 6. The molecule has 1 heterocycles. The molecule has 0 unspecified atom stereocenters. The summed E-state index contributed by atoms with van der Waals surface area (Å²) in [6, 6.07) is 19.3. The van der Waals surface area contributed by atoms with E-state index in [0.29, 0.717) is 33.7 Å². The first kappa shape index (κ1) is 22.4. The van der Waals surface area contributed by atoms with Crippen LogP contribution in [0.1, 0.15) is 26.5 Å². The number of nitrogens with two attached hydrogens (primary N) is 1. The Hall–Kier alpha value is -4.79. The average Bonchev–Trinajstić information content (AvgIpc) is 2.83. The number of aromatic nitrogens is 2. The number of hydrogen-bond donors (Lipinski definition) is 2. The van der Waals surface area contributed by atoms with Crippen LogP contribution in [0, 0.1) is 6.92 Å². The molecule has 0 fully saturated rings. The molecule has 9 nitrogen and oxygen atoms in total. The van der Waals surface area contributed by atoms with Crippen molar-refractivity contribution in [3.05, 3.63) is 100 Å². The van der Waals surface area contributed by atoms with Crippen LogP contribution in [0.4, 0.5) is 5.69 Å². The first-order valence-corrected chi connectivity index (χ1v) is 10.3. The number of para-hydroxylation sites is 1. The highest BCUT2D eigenvalue weighted by atomic mass is 16.5. The molecule has 0 aliphatic heterocycles. The number of carbonyl (C=O) groups is 3. The van der Waals surface area contributed by atoms with E-state index in [4.69, 9.17) is 10.5 Å². The van der Waals surface area contributed by atoms with Crippen molar-refractivity contribution in [1.82, 2.24) is 9.55 Å². The van der Waals surface area contributed by atoms with Crippen molar-refractivity contribution in [3.8, 4) is 5.69 Å². The number of aryl methyl sites for hydroxylation is 1. The Balaban J connectivity index is 1.42. The molecule has 9 heteroatoms. The normalized spacial score (nSPS) is 10.6. The maximum atomic E-state index is 12.9. The monoisotopic (exact) mass is 456 g/mol. The lowest BCUT2D eigenvalue weighted by Gasteiger charge is -2.11. The van der Waals surface area contributed by atoms with Crippen LogP contribution in [0.3, 0.4) is 0 Å². The highest BCUT2D eigenvalue weighted by Crippen LogP contribution is 2.14. The van der Waals surface area contributed by atoms with Gasteiger partial charge in [-0.2, -0.15) is 0 Å². The van der Waals surface area contributed by atoms with Gasteiger partial charge in [-0.3, -0.25) is 19.0 Å². The molecule has 0 bridgehead atoms. The predicted octanol–water partition coefficient (Wildman–Crippen LogP) is 2.59. The van der Waals surface area contributed by atoms with Crippen molar-refractivity contribution >= 4 is 34.4 Å². The minimum absolute atomic E-state index is 0.209. The predicted molar refractivity (Wildman–Crippen MR) is 126 cm³/mol. The van der Waals surface area contributed by atoms with E-state index in [9.17, 15) is 19.2 Å². The number of nitrogens with zero attached hydrogens (tertiary/aromatic N) is 2. The first-order chi connectivity index (χ1) is 16.3. The third-order valence-electron chi connectivity index (χ3n) is 5.09. The molecular formula is C25H20N4O5. The molecule has 0 radical (unpaired) electrons. The number of amides is 2. The number of primary amides is 1. The summed E-state index contributed by atoms with van der Waals surface area (Å²) in [5.41, 5.74) is 7.10. The number of fused-ring (bicyclic) bond motifs is 1. The van der Waals surface area contributed by atoms with Gasteiger partial charge in [0.2, 0.25) is 5.91 Å². The highest BCUT2D eigenvalue weighted by molar-refractivity contribution is 5.97. The van der Waals surface area contributed by atoms with Gasteiger partial charge in [-0.1, -0.05) is 12.1 Å². The average molecular weight is 456 g/mol. The number of nitrogens with one attached hydrogen (secondary N) is 1. The second-order valence-electron chi connectivity index (χ2n) is 7.43. The number of anilines is 1. The SMILES string of the molecule is Cc1nc2ccccc2c(=O)n1-c1ccc(C(=O)OCC(=O)Nc2ccc(C(N)=O)cc2)cc1. The highest BCUT2D eigenvalue weighted by Gasteiger charge is 2.13. The van der Waals surface area contributed by atoms with Gasteiger partial charge in [0.15, 0.2) is 6.61 Å². The van der Waals surface area contributed by atoms with E-state index in [1.807, 2.05) is 6.07 Å². The second kappa shape index (κ2) is 9.37. The van der Waals surface area contributed by atoms with Crippen LogP contribution in [0.2, 0.25) is 0 Å². The van der Waals surface area contributed by atoms with Crippen molar-refractivity contribution in [2.75, 3.05) is 11.9 Å². The van der Waals surface area contributed by atoms with Gasteiger partial charge < -0.3 is 15.8 Å². The minimum Gasteiger partial charge on any atom is -0.452 e. The van der Waals surface area contributed by atoms with E-state index >= 15 is 0 Å². The maximum Gasteiger partial charge on any atom is 0.338 e. The number of carbonyl (C=O) groups excluding carboxylic acids is 3. The maximum absolute atomic E-state index is 12.9. The van der Waals surface area contributed by atoms with Crippen molar-refractivity contribution in [2.24, 2.45) is 5.73 Å². The zero-order chi connectivity index (χ0) is 24.2. The van der Waals surface area contributed by atoms with Gasteiger partial charge in [0.25, 0.3) is 11.5 Å². The summed E-state index contributed by atoms with van der Waals surface area (Å²) in [6.45, 7) is 1.24. The Kier molecular flexibility index (Phi) is 6.18. The molecule has 3 aromatic carbocycles. The lowest BCUT2D eigenvalue weighted by molar-refractivity contribution is -0.119. The molecule has 4 aromatic rings. The van der Waals surface area contributed by atoms with Crippen LogP contribution in [0.15, 0.2) is 77.6 Å². The lowest BCUT2D eigenvalue weighted by Crippen LogP contribution is -2.22. The third-order valence-corrected chi connectivity index (χ3v) is 5.09. The molecule has 34 heavy (non-hydrogen) atoms. The summed E-state index contributed by atoms with van der Waals surface area (Å²) in [5, 5.41) is 3.05. The number of benzene rings is 3. The summed E-state index contributed by atoms with van der Waals surface area (Å²) in [5.74, 6) is -1.29. The summed E-state index contributed by atoms with van der Waals surface area (Å²) >= 11 is 0. The summed E-state index contributed by atoms with van der Waals surface area (Å²) in [7, 11) is 0. The van der Waals surface area contributed by atoms with Crippen molar-refractivity contribution in [3.63, 3.8) is 0 Å². The van der Waals surface area contributed by atoms with Crippen LogP contribution in [-0.4, -0.2) is 33.9 Å². The zero-order valence-electron chi connectivity index (χ0n) is 18.1. The Labute approximate surface area is 193 Å². The van der Waals surface area contributed by atoms with Crippen LogP contribution in [-0.2, 0) is 9.53 Å². The minimum atomic E-state index is -0.688. The fourth-order valence-corrected chi connectivity index (χ4v) is 3.42. The largest absolute Gasteiger partial charge is 0.452 e. The van der Waals surface area contributed by atoms with Gasteiger partial charge in [0.1, 0.15) is 5.82 Å². The molecule has 0 spiro atoms. The Morgan fingerprint density at radius 3 is 2.26 bits per heavy atom. The Morgan fingerprint density at radius 2 is 1.59 bits per heavy atom. The van der Waals surface area contributed by atoms with Gasteiger partial charge >= 0.3 is 5.97 Å². The molecule has 0 aliphatic carbocycles. The van der Waals surface area contributed by atoms with E-state index in [-0.39, 0.29) is 11.1 Å². The standard InChI is InChI=1S/C25H20N4O5/c1-15-27-21-5-3-2-4-20(21)24(32)29(15)19-12-8-17(9-13-19)25(33)34-14-22(30)28-18-10-6-16(7-11-18)23(26)31/h2-13H,14H2,1H3,(H2,26,31)(H,28,30). The van der Waals surface area contributed by atoms with Gasteiger partial charge in [-0.05, 0) is 67.6 Å². The third kappa shape index (κ3) is 4.68. The summed E-state index contributed by atoms with van der Waals surface area (Å²) < 4.78 is 6.54. The fourth-order valence-electron chi connectivity index (χ4n) is 3.42. The van der Waals surface area contributed by atoms with Crippen molar-refractivity contribution in [2.45, 2.75) is 6.92 Å². The molecule has 0 atom stereocenters. The quantitative estimate of drug-likeness (QED) is 0.429. The fraction of sp³-hybridized carbons (Fsp3) is 0.0800. The molecule has 0 saturated heterocycles. The molecule has 2 amide bonds. The van der Waals surface area contributed by atoms with Crippen LogP contribution in [0.25, 0.3) is 16.6 Å². The van der Waals surface area contributed by atoms with Crippen LogP contribution >= 0.6 is 0 Å². The van der Waals surface area contributed by atoms with E-state index in [1.54, 1.807) is 37.3 Å². The van der Waals surface area contributed by atoms with Crippen molar-refractivity contribution < 1.29 is 19.1 Å². The molecule has 0 aliphatic rings. The Bertz CT molecular complexity index is 1460. The van der Waals surface area contributed by atoms with Gasteiger partial charge in [-0.15, -0.1) is 0 Å². The molecule has 170 valence electrons.